The predicted octanol–water partition coefficient (Wildman–Crippen LogP) is 1.03. The van der Waals surface area contributed by atoms with Gasteiger partial charge in [0.05, 0.1) is 6.20 Å². The van der Waals surface area contributed by atoms with Gasteiger partial charge in [0.2, 0.25) is 0 Å². The van der Waals surface area contributed by atoms with Crippen LogP contribution in [0.1, 0.15) is 26.3 Å². The zero-order valence-corrected chi connectivity index (χ0v) is 11.5. The molecule has 0 bridgehead atoms. The molecule has 1 rings (SSSR count). The fraction of sp³-hybridized carbons (Fsp3) is 0.667. The number of nitrogens with one attached hydrogen (secondary N) is 2. The van der Waals surface area contributed by atoms with Crippen LogP contribution in [-0.2, 0) is 18.3 Å². The van der Waals surface area contributed by atoms with Crippen LogP contribution in [0.3, 0.4) is 0 Å². The number of amides is 1. The van der Waals surface area contributed by atoms with Crippen molar-refractivity contribution in [1.82, 2.24) is 20.4 Å². The van der Waals surface area contributed by atoms with E-state index in [4.69, 9.17) is 4.74 Å². The molecule has 0 aliphatic rings. The van der Waals surface area contributed by atoms with E-state index in [0.29, 0.717) is 13.1 Å². The van der Waals surface area contributed by atoms with Crippen molar-refractivity contribution in [2.75, 3.05) is 13.1 Å². The number of hydrogen-bond donors (Lipinski definition) is 2. The van der Waals surface area contributed by atoms with Gasteiger partial charge in [-0.15, -0.1) is 0 Å². The van der Waals surface area contributed by atoms with Gasteiger partial charge in [0.1, 0.15) is 5.60 Å². The number of carbonyl (C=O) groups excluding carboxylic acids is 1. The van der Waals surface area contributed by atoms with Gasteiger partial charge in [-0.2, -0.15) is 5.10 Å². The van der Waals surface area contributed by atoms with Crippen molar-refractivity contribution in [3.05, 3.63) is 18.0 Å². The number of aryl methyl sites for hydroxylation is 1. The van der Waals surface area contributed by atoms with E-state index in [1.54, 1.807) is 4.68 Å². The Labute approximate surface area is 108 Å². The van der Waals surface area contributed by atoms with Crippen molar-refractivity contribution < 1.29 is 9.53 Å². The molecule has 0 saturated heterocycles. The smallest absolute Gasteiger partial charge is 0.407 e. The molecule has 0 aliphatic carbocycles. The quantitative estimate of drug-likeness (QED) is 0.770. The van der Waals surface area contributed by atoms with Crippen LogP contribution in [0.2, 0.25) is 0 Å². The van der Waals surface area contributed by atoms with Crippen molar-refractivity contribution in [3.8, 4) is 0 Å². The van der Waals surface area contributed by atoms with Gasteiger partial charge in [0, 0.05) is 38.4 Å². The molecule has 0 atom stereocenters. The van der Waals surface area contributed by atoms with Gasteiger partial charge in [0.15, 0.2) is 0 Å². The molecule has 6 nitrogen and oxygen atoms in total. The first-order valence-corrected chi connectivity index (χ1v) is 6.02. The lowest BCUT2D eigenvalue weighted by molar-refractivity contribution is 0.0528. The summed E-state index contributed by atoms with van der Waals surface area (Å²) in [5.41, 5.74) is 0.669. The molecule has 0 aliphatic heterocycles. The molecule has 0 unspecified atom stereocenters. The Morgan fingerprint density at radius 1 is 1.44 bits per heavy atom. The maximum absolute atomic E-state index is 11.3. The highest BCUT2D eigenvalue weighted by Gasteiger charge is 2.15. The van der Waals surface area contributed by atoms with Crippen LogP contribution in [0, 0.1) is 0 Å². The number of ether oxygens (including phenoxy) is 1. The lowest BCUT2D eigenvalue weighted by Crippen LogP contribution is -2.36. The Bertz CT molecular complexity index is 382. The summed E-state index contributed by atoms with van der Waals surface area (Å²) < 4.78 is 6.87. The van der Waals surface area contributed by atoms with Crippen molar-refractivity contribution in [2.45, 2.75) is 32.9 Å². The average Bonchev–Trinajstić information content (AvgIpc) is 2.61. The third-order valence-corrected chi connectivity index (χ3v) is 2.06. The summed E-state index contributed by atoms with van der Waals surface area (Å²) in [5.74, 6) is 0. The Morgan fingerprint density at radius 3 is 2.72 bits per heavy atom. The van der Waals surface area contributed by atoms with Gasteiger partial charge < -0.3 is 15.4 Å². The van der Waals surface area contributed by atoms with Crippen molar-refractivity contribution >= 4 is 6.09 Å². The highest BCUT2D eigenvalue weighted by Crippen LogP contribution is 2.05. The summed E-state index contributed by atoms with van der Waals surface area (Å²) in [6.45, 7) is 7.49. The standard InChI is InChI=1S/C12H22N4O2/c1-12(2,3)18-11(17)14-6-5-13-7-10-8-15-16(4)9-10/h8-9,13H,5-7H2,1-4H3,(H,14,17). The molecular formula is C12H22N4O2. The monoisotopic (exact) mass is 254 g/mol. The van der Waals surface area contributed by atoms with Gasteiger partial charge in [-0.05, 0) is 20.8 Å². The van der Waals surface area contributed by atoms with E-state index >= 15 is 0 Å². The largest absolute Gasteiger partial charge is 0.444 e. The molecule has 1 heterocycles. The van der Waals surface area contributed by atoms with E-state index in [1.165, 1.54) is 0 Å². The maximum atomic E-state index is 11.3. The molecule has 0 saturated carbocycles. The van der Waals surface area contributed by atoms with E-state index in [9.17, 15) is 4.79 Å². The van der Waals surface area contributed by atoms with Crippen molar-refractivity contribution in [2.24, 2.45) is 7.05 Å². The van der Waals surface area contributed by atoms with Crippen LogP contribution >= 0.6 is 0 Å². The number of carbonyl (C=O) groups is 1. The number of rotatable bonds is 5. The average molecular weight is 254 g/mol. The third-order valence-electron chi connectivity index (χ3n) is 2.06. The fourth-order valence-corrected chi connectivity index (χ4v) is 1.36. The van der Waals surface area contributed by atoms with Crippen LogP contribution < -0.4 is 10.6 Å². The van der Waals surface area contributed by atoms with Gasteiger partial charge >= 0.3 is 6.09 Å². The highest BCUT2D eigenvalue weighted by molar-refractivity contribution is 5.67. The Balaban J connectivity index is 2.07. The SMILES string of the molecule is Cn1cc(CNCCNC(=O)OC(C)(C)C)cn1. The molecule has 1 aromatic heterocycles. The molecule has 0 spiro atoms. The van der Waals surface area contributed by atoms with Crippen LogP contribution in [0.15, 0.2) is 12.4 Å². The number of aromatic nitrogens is 2. The summed E-state index contributed by atoms with van der Waals surface area (Å²) in [4.78, 5) is 11.3. The molecule has 0 fully saturated rings. The molecule has 1 aromatic rings. The normalized spacial score (nSPS) is 11.3. The highest BCUT2D eigenvalue weighted by atomic mass is 16.6. The van der Waals surface area contributed by atoms with Crippen LogP contribution in [0.25, 0.3) is 0 Å². The fourth-order valence-electron chi connectivity index (χ4n) is 1.36. The van der Waals surface area contributed by atoms with E-state index < -0.39 is 5.60 Å². The minimum atomic E-state index is -0.451. The van der Waals surface area contributed by atoms with Gasteiger partial charge in [-0.3, -0.25) is 4.68 Å². The zero-order chi connectivity index (χ0) is 13.6. The number of alkyl carbamates (subject to hydrolysis) is 1. The first-order chi connectivity index (χ1) is 8.37. The lowest BCUT2D eigenvalue weighted by atomic mass is 10.2. The minimum absolute atomic E-state index is 0.384. The summed E-state index contributed by atoms with van der Waals surface area (Å²) >= 11 is 0. The summed E-state index contributed by atoms with van der Waals surface area (Å²) in [7, 11) is 1.88. The maximum Gasteiger partial charge on any atom is 0.407 e. The van der Waals surface area contributed by atoms with E-state index in [-0.39, 0.29) is 6.09 Å². The van der Waals surface area contributed by atoms with Gasteiger partial charge in [-0.1, -0.05) is 0 Å². The zero-order valence-electron chi connectivity index (χ0n) is 11.5. The van der Waals surface area contributed by atoms with Crippen molar-refractivity contribution in [1.29, 1.82) is 0 Å². The van der Waals surface area contributed by atoms with Crippen molar-refractivity contribution in [3.63, 3.8) is 0 Å². The van der Waals surface area contributed by atoms with Crippen LogP contribution in [0.5, 0.6) is 0 Å². The Hall–Kier alpha value is -1.56. The number of nitrogens with zero attached hydrogens (tertiary/aromatic N) is 2. The molecule has 18 heavy (non-hydrogen) atoms. The molecule has 102 valence electrons. The number of hydrogen-bond acceptors (Lipinski definition) is 4. The summed E-state index contributed by atoms with van der Waals surface area (Å²) in [6.07, 6.45) is 3.38. The van der Waals surface area contributed by atoms with Gasteiger partial charge in [-0.25, -0.2) is 4.79 Å². The second-order valence-electron chi connectivity index (χ2n) is 5.13. The lowest BCUT2D eigenvalue weighted by Gasteiger charge is -2.19. The molecule has 0 radical (unpaired) electrons. The van der Waals surface area contributed by atoms with Crippen LogP contribution in [-0.4, -0.2) is 34.6 Å². The molecule has 1 amide bonds. The topological polar surface area (TPSA) is 68.2 Å². The Morgan fingerprint density at radius 2 is 2.17 bits per heavy atom. The molecule has 0 aromatic carbocycles. The first kappa shape index (κ1) is 14.5. The third kappa shape index (κ3) is 6.24. The van der Waals surface area contributed by atoms with Gasteiger partial charge in [0.25, 0.3) is 0 Å². The summed E-state index contributed by atoms with van der Waals surface area (Å²) in [6, 6.07) is 0. The second-order valence-corrected chi connectivity index (χ2v) is 5.13. The molecule has 2 N–H and O–H groups in total. The Kier molecular flexibility index (Phi) is 5.15. The molecular weight excluding hydrogens is 232 g/mol. The van der Waals surface area contributed by atoms with E-state index in [1.807, 2.05) is 40.2 Å². The molecule has 6 heteroatoms. The minimum Gasteiger partial charge on any atom is -0.444 e. The van der Waals surface area contributed by atoms with E-state index in [0.717, 1.165) is 12.1 Å². The van der Waals surface area contributed by atoms with E-state index in [2.05, 4.69) is 15.7 Å². The predicted molar refractivity (Wildman–Crippen MR) is 69.2 cm³/mol. The summed E-state index contributed by atoms with van der Waals surface area (Å²) in [5, 5.41) is 9.97. The second kappa shape index (κ2) is 6.39. The van der Waals surface area contributed by atoms with Crippen LogP contribution in [0.4, 0.5) is 4.79 Å². The first-order valence-electron chi connectivity index (χ1n) is 6.02.